The summed E-state index contributed by atoms with van der Waals surface area (Å²) in [5, 5.41) is 15.6. The molecule has 0 bridgehead atoms. The number of thioether (sulfide) groups is 1. The van der Waals surface area contributed by atoms with Gasteiger partial charge in [0, 0.05) is 6.61 Å². The lowest BCUT2D eigenvalue weighted by atomic mass is 9.89. The van der Waals surface area contributed by atoms with Crippen LogP contribution < -0.4 is 5.32 Å². The van der Waals surface area contributed by atoms with Crippen LogP contribution in [0.3, 0.4) is 0 Å². The monoisotopic (exact) mass is 401 g/mol. The van der Waals surface area contributed by atoms with Crippen molar-refractivity contribution in [2.24, 2.45) is 0 Å². The van der Waals surface area contributed by atoms with E-state index in [4.69, 9.17) is 4.74 Å². The summed E-state index contributed by atoms with van der Waals surface area (Å²) in [6, 6.07) is 6.61. The minimum absolute atomic E-state index is 0.0109. The molecular weight excluding hydrogens is 374 g/mol. The minimum atomic E-state index is -0.0121. The third-order valence-corrected chi connectivity index (χ3v) is 6.44. The third kappa shape index (κ3) is 4.72. The zero-order valence-corrected chi connectivity index (χ0v) is 17.1. The van der Waals surface area contributed by atoms with Gasteiger partial charge in [0.05, 0.1) is 24.4 Å². The van der Waals surface area contributed by atoms with Gasteiger partial charge >= 0.3 is 0 Å². The van der Waals surface area contributed by atoms with Crippen LogP contribution in [0.15, 0.2) is 23.4 Å². The molecule has 2 aromatic rings. The molecule has 28 heavy (non-hydrogen) atoms. The van der Waals surface area contributed by atoms with Gasteiger partial charge in [0.1, 0.15) is 0 Å². The molecular formula is C20H27N5O2S. The number of aryl methyl sites for hydroxylation is 2. The van der Waals surface area contributed by atoms with E-state index in [-0.39, 0.29) is 18.1 Å². The standard InChI is InChI=1S/C20H27N5O2S/c1-14(16-9-8-15-5-2-3-6-17(15)11-16)21-19(26)13-28-20-22-23-24-25(20)12-18-7-4-10-27-18/h8-9,11,14,18H,2-7,10,12-13H2,1H3,(H,21,26). The highest BCUT2D eigenvalue weighted by Gasteiger charge is 2.20. The van der Waals surface area contributed by atoms with E-state index < -0.39 is 0 Å². The number of hydrogen-bond acceptors (Lipinski definition) is 6. The van der Waals surface area contributed by atoms with Gasteiger partial charge in [-0.1, -0.05) is 30.0 Å². The molecule has 1 fully saturated rings. The number of amides is 1. The van der Waals surface area contributed by atoms with Crippen molar-refractivity contribution in [1.29, 1.82) is 0 Å². The molecule has 0 radical (unpaired) electrons. The van der Waals surface area contributed by atoms with Gasteiger partial charge in [0.15, 0.2) is 0 Å². The fourth-order valence-corrected chi connectivity index (χ4v) is 4.61. The Morgan fingerprint density at radius 3 is 3.00 bits per heavy atom. The first-order chi connectivity index (χ1) is 13.7. The van der Waals surface area contributed by atoms with Crippen molar-refractivity contribution in [3.8, 4) is 0 Å². The maximum atomic E-state index is 12.4. The lowest BCUT2D eigenvalue weighted by Gasteiger charge is -2.20. The number of carbonyl (C=O) groups excluding carboxylic acids is 1. The fourth-order valence-electron chi connectivity index (χ4n) is 3.91. The lowest BCUT2D eigenvalue weighted by molar-refractivity contribution is -0.119. The molecule has 1 saturated heterocycles. The third-order valence-electron chi connectivity index (χ3n) is 5.48. The van der Waals surface area contributed by atoms with Gasteiger partial charge < -0.3 is 10.1 Å². The summed E-state index contributed by atoms with van der Waals surface area (Å²) in [7, 11) is 0. The Morgan fingerprint density at radius 2 is 2.18 bits per heavy atom. The summed E-state index contributed by atoms with van der Waals surface area (Å²) in [5.41, 5.74) is 4.07. The van der Waals surface area contributed by atoms with Gasteiger partial charge in [-0.2, -0.15) is 0 Å². The second kappa shape index (κ2) is 9.05. The zero-order valence-electron chi connectivity index (χ0n) is 16.3. The van der Waals surface area contributed by atoms with Crippen LogP contribution in [-0.4, -0.2) is 44.6 Å². The van der Waals surface area contributed by atoms with Crippen molar-refractivity contribution in [3.63, 3.8) is 0 Å². The van der Waals surface area contributed by atoms with E-state index in [2.05, 4.69) is 39.0 Å². The second-order valence-corrected chi connectivity index (χ2v) is 8.53. The van der Waals surface area contributed by atoms with Crippen LogP contribution >= 0.6 is 11.8 Å². The number of benzene rings is 1. The topological polar surface area (TPSA) is 81.9 Å². The quantitative estimate of drug-likeness (QED) is 0.719. The van der Waals surface area contributed by atoms with Gasteiger partial charge in [0.2, 0.25) is 11.1 Å². The van der Waals surface area contributed by atoms with Crippen LogP contribution in [0.1, 0.15) is 55.3 Å². The predicted molar refractivity (Wildman–Crippen MR) is 107 cm³/mol. The highest BCUT2D eigenvalue weighted by molar-refractivity contribution is 7.99. The average molecular weight is 402 g/mol. The van der Waals surface area contributed by atoms with Crippen molar-refractivity contribution in [3.05, 3.63) is 34.9 Å². The van der Waals surface area contributed by atoms with Gasteiger partial charge in [-0.25, -0.2) is 4.68 Å². The minimum Gasteiger partial charge on any atom is -0.376 e. The van der Waals surface area contributed by atoms with Crippen molar-refractivity contribution >= 4 is 17.7 Å². The maximum Gasteiger partial charge on any atom is 0.230 e. The molecule has 2 heterocycles. The van der Waals surface area contributed by atoms with E-state index in [1.165, 1.54) is 47.7 Å². The molecule has 1 aliphatic heterocycles. The number of carbonyl (C=O) groups is 1. The Morgan fingerprint density at radius 1 is 1.32 bits per heavy atom. The molecule has 2 aliphatic rings. The highest BCUT2D eigenvalue weighted by Crippen LogP contribution is 2.25. The molecule has 1 aromatic heterocycles. The molecule has 0 spiro atoms. The Kier molecular flexibility index (Phi) is 6.26. The first-order valence-corrected chi connectivity index (χ1v) is 11.1. The van der Waals surface area contributed by atoms with Crippen LogP contribution in [0.4, 0.5) is 0 Å². The van der Waals surface area contributed by atoms with Gasteiger partial charge in [-0.15, -0.1) is 5.10 Å². The smallest absolute Gasteiger partial charge is 0.230 e. The van der Waals surface area contributed by atoms with Crippen LogP contribution in [0, 0.1) is 0 Å². The number of fused-ring (bicyclic) bond motifs is 1. The first-order valence-electron chi connectivity index (χ1n) is 10.1. The largest absolute Gasteiger partial charge is 0.376 e. The predicted octanol–water partition coefficient (Wildman–Crippen LogP) is 2.70. The molecule has 1 N–H and O–H groups in total. The molecule has 1 amide bonds. The molecule has 1 aromatic carbocycles. The van der Waals surface area contributed by atoms with E-state index in [1.807, 2.05) is 6.92 Å². The number of aromatic nitrogens is 4. The lowest BCUT2D eigenvalue weighted by Crippen LogP contribution is -2.28. The van der Waals surface area contributed by atoms with Crippen LogP contribution in [0.5, 0.6) is 0 Å². The summed E-state index contributed by atoms with van der Waals surface area (Å²) in [5.74, 6) is 0.281. The molecule has 4 rings (SSSR count). The summed E-state index contributed by atoms with van der Waals surface area (Å²) in [6.07, 6.45) is 7.14. The van der Waals surface area contributed by atoms with Gasteiger partial charge in [-0.05, 0) is 72.6 Å². The number of tetrazole rings is 1. The van der Waals surface area contributed by atoms with Gasteiger partial charge in [0.25, 0.3) is 0 Å². The molecule has 8 heteroatoms. The SMILES string of the molecule is CC(NC(=O)CSc1nnnn1CC1CCCO1)c1ccc2c(c1)CCCC2. The van der Waals surface area contributed by atoms with E-state index in [0.29, 0.717) is 17.5 Å². The van der Waals surface area contributed by atoms with E-state index in [0.717, 1.165) is 25.9 Å². The maximum absolute atomic E-state index is 12.4. The summed E-state index contributed by atoms with van der Waals surface area (Å²) in [4.78, 5) is 12.4. The highest BCUT2D eigenvalue weighted by atomic mass is 32.2. The second-order valence-electron chi connectivity index (χ2n) is 7.59. The Labute approximate surface area is 169 Å². The Hall–Kier alpha value is -1.93. The van der Waals surface area contributed by atoms with Crippen LogP contribution in [-0.2, 0) is 28.9 Å². The first kappa shape index (κ1) is 19.4. The summed E-state index contributed by atoms with van der Waals surface area (Å²) >= 11 is 1.36. The van der Waals surface area contributed by atoms with Crippen molar-refractivity contribution in [1.82, 2.24) is 25.5 Å². The van der Waals surface area contributed by atoms with Crippen molar-refractivity contribution in [2.75, 3.05) is 12.4 Å². The van der Waals surface area contributed by atoms with Crippen LogP contribution in [0.2, 0.25) is 0 Å². The van der Waals surface area contributed by atoms with Gasteiger partial charge in [-0.3, -0.25) is 4.79 Å². The normalized spacial score (nSPS) is 20.0. The molecule has 0 saturated carbocycles. The van der Waals surface area contributed by atoms with E-state index in [9.17, 15) is 4.79 Å². The number of ether oxygens (including phenoxy) is 1. The Bertz CT molecular complexity index is 819. The number of hydrogen-bond donors (Lipinski definition) is 1. The van der Waals surface area contributed by atoms with E-state index >= 15 is 0 Å². The number of nitrogens with one attached hydrogen (secondary N) is 1. The molecule has 1 aliphatic carbocycles. The number of rotatable bonds is 7. The summed E-state index contributed by atoms with van der Waals surface area (Å²) in [6.45, 7) is 3.48. The molecule has 150 valence electrons. The molecule has 7 nitrogen and oxygen atoms in total. The Balaban J connectivity index is 1.29. The van der Waals surface area contributed by atoms with E-state index in [1.54, 1.807) is 4.68 Å². The fraction of sp³-hybridized carbons (Fsp3) is 0.600. The zero-order chi connectivity index (χ0) is 19.3. The van der Waals surface area contributed by atoms with Crippen molar-refractivity contribution in [2.45, 2.75) is 69.3 Å². The number of nitrogens with zero attached hydrogens (tertiary/aromatic N) is 4. The molecule has 2 unspecified atom stereocenters. The van der Waals surface area contributed by atoms with Crippen LogP contribution in [0.25, 0.3) is 0 Å². The summed E-state index contributed by atoms with van der Waals surface area (Å²) < 4.78 is 7.38. The average Bonchev–Trinajstić information content (AvgIpc) is 3.38. The van der Waals surface area contributed by atoms with Crippen molar-refractivity contribution < 1.29 is 9.53 Å². The molecule has 2 atom stereocenters.